The first-order chi connectivity index (χ1) is 10.8. The zero-order chi connectivity index (χ0) is 14.9. The van der Waals surface area contributed by atoms with E-state index in [4.69, 9.17) is 14.2 Å². The predicted octanol–water partition coefficient (Wildman–Crippen LogP) is 3.05. The average molecular weight is 296 g/mol. The quantitative estimate of drug-likeness (QED) is 0.645. The summed E-state index contributed by atoms with van der Waals surface area (Å²) in [5.74, 6) is 1.51. The van der Waals surface area contributed by atoms with E-state index in [0.29, 0.717) is 17.2 Å². The van der Waals surface area contributed by atoms with Crippen LogP contribution in [-0.4, -0.2) is 12.8 Å². The molecule has 0 N–H and O–H groups in total. The van der Waals surface area contributed by atoms with E-state index < -0.39 is 0 Å². The molecule has 0 amide bonds. The van der Waals surface area contributed by atoms with Gasteiger partial charge in [-0.3, -0.25) is 4.79 Å². The summed E-state index contributed by atoms with van der Waals surface area (Å²) in [4.78, 5) is 12.1. The van der Waals surface area contributed by atoms with E-state index in [9.17, 15) is 4.79 Å². The first-order valence-corrected chi connectivity index (χ1v) is 7.49. The van der Waals surface area contributed by atoms with Gasteiger partial charge in [-0.15, -0.1) is 0 Å². The minimum Gasteiger partial charge on any atom is -0.454 e. The Hall–Kier alpha value is -2.49. The fourth-order valence-electron chi connectivity index (χ4n) is 3.01. The van der Waals surface area contributed by atoms with Crippen molar-refractivity contribution in [2.45, 2.75) is 25.7 Å². The molecule has 4 nitrogen and oxygen atoms in total. The van der Waals surface area contributed by atoms with Crippen LogP contribution in [0.5, 0.6) is 17.2 Å². The second kappa shape index (κ2) is 5.37. The minimum absolute atomic E-state index is 0.210. The number of carbonyl (C=O) groups is 1. The van der Waals surface area contributed by atoms with Crippen molar-refractivity contribution in [3.8, 4) is 17.2 Å². The Morgan fingerprint density at radius 3 is 2.82 bits per heavy atom. The maximum atomic E-state index is 12.1. The molecule has 2 aromatic carbocycles. The van der Waals surface area contributed by atoms with Gasteiger partial charge in [0.15, 0.2) is 11.5 Å². The number of benzene rings is 2. The van der Waals surface area contributed by atoms with E-state index in [-0.39, 0.29) is 19.2 Å². The minimum atomic E-state index is -0.267. The highest BCUT2D eigenvalue weighted by atomic mass is 16.7. The molecule has 1 aliphatic heterocycles. The third kappa shape index (κ3) is 2.52. The lowest BCUT2D eigenvalue weighted by Gasteiger charge is -2.07. The first-order valence-electron chi connectivity index (χ1n) is 7.49. The molecule has 0 aromatic heterocycles. The summed E-state index contributed by atoms with van der Waals surface area (Å²) in [6, 6.07) is 11.4. The zero-order valence-corrected chi connectivity index (χ0v) is 12.1. The van der Waals surface area contributed by atoms with Gasteiger partial charge in [-0.05, 0) is 48.1 Å². The maximum absolute atomic E-state index is 12.1. The molecule has 0 saturated heterocycles. The molecule has 22 heavy (non-hydrogen) atoms. The number of hydrogen-bond acceptors (Lipinski definition) is 4. The largest absolute Gasteiger partial charge is 0.454 e. The van der Waals surface area contributed by atoms with Gasteiger partial charge < -0.3 is 14.2 Å². The normalized spacial score (nSPS) is 14.7. The molecular formula is C18H16O4. The summed E-state index contributed by atoms with van der Waals surface area (Å²) in [5.41, 5.74) is 3.78. The second-order valence-electron chi connectivity index (χ2n) is 5.62. The summed E-state index contributed by atoms with van der Waals surface area (Å²) in [5, 5.41) is 0. The standard InChI is InChI=1S/C18H16O4/c19-18(9-12-4-5-13-2-1-3-14(13)8-12)22-15-6-7-16-17(10-15)21-11-20-16/h4-8,10H,1-3,9,11H2. The Morgan fingerprint density at radius 1 is 1.00 bits per heavy atom. The van der Waals surface area contributed by atoms with E-state index in [0.717, 1.165) is 18.4 Å². The van der Waals surface area contributed by atoms with Gasteiger partial charge in [0.25, 0.3) is 0 Å². The number of ether oxygens (including phenoxy) is 3. The van der Waals surface area contributed by atoms with Gasteiger partial charge >= 0.3 is 5.97 Å². The molecule has 0 bridgehead atoms. The van der Waals surface area contributed by atoms with Gasteiger partial charge in [-0.2, -0.15) is 0 Å². The molecule has 0 saturated carbocycles. The Balaban J connectivity index is 1.44. The third-order valence-corrected chi connectivity index (χ3v) is 4.09. The van der Waals surface area contributed by atoms with Crippen molar-refractivity contribution >= 4 is 5.97 Å². The average Bonchev–Trinajstić information content (AvgIpc) is 3.14. The van der Waals surface area contributed by atoms with Crippen LogP contribution in [0.1, 0.15) is 23.1 Å². The summed E-state index contributed by atoms with van der Waals surface area (Å²) in [7, 11) is 0. The summed E-state index contributed by atoms with van der Waals surface area (Å²) in [6.07, 6.45) is 3.75. The second-order valence-corrected chi connectivity index (χ2v) is 5.62. The Bertz CT molecular complexity index is 674. The van der Waals surface area contributed by atoms with Crippen molar-refractivity contribution in [1.29, 1.82) is 0 Å². The van der Waals surface area contributed by atoms with Crippen molar-refractivity contribution in [2.24, 2.45) is 0 Å². The van der Waals surface area contributed by atoms with E-state index in [1.807, 2.05) is 6.07 Å². The number of carbonyl (C=O) groups excluding carboxylic acids is 1. The maximum Gasteiger partial charge on any atom is 0.315 e. The zero-order valence-electron chi connectivity index (χ0n) is 12.1. The molecule has 0 fully saturated rings. The van der Waals surface area contributed by atoms with E-state index in [1.165, 1.54) is 17.5 Å². The van der Waals surface area contributed by atoms with Gasteiger partial charge in [-0.1, -0.05) is 18.2 Å². The van der Waals surface area contributed by atoms with Crippen LogP contribution in [0.15, 0.2) is 36.4 Å². The summed E-state index contributed by atoms with van der Waals surface area (Å²) < 4.78 is 15.9. The van der Waals surface area contributed by atoms with Crippen LogP contribution in [-0.2, 0) is 24.1 Å². The molecule has 1 heterocycles. The lowest BCUT2D eigenvalue weighted by Crippen LogP contribution is -2.11. The molecule has 2 aliphatic rings. The molecular weight excluding hydrogens is 280 g/mol. The molecule has 2 aromatic rings. The Labute approximate surface area is 128 Å². The van der Waals surface area contributed by atoms with Gasteiger partial charge in [0, 0.05) is 6.07 Å². The van der Waals surface area contributed by atoms with Crippen molar-refractivity contribution in [2.75, 3.05) is 6.79 Å². The highest BCUT2D eigenvalue weighted by Crippen LogP contribution is 2.35. The molecule has 4 rings (SSSR count). The third-order valence-electron chi connectivity index (χ3n) is 4.09. The summed E-state index contributed by atoms with van der Waals surface area (Å²) >= 11 is 0. The predicted molar refractivity (Wildman–Crippen MR) is 80.4 cm³/mol. The van der Waals surface area contributed by atoms with E-state index in [2.05, 4.69) is 12.1 Å². The van der Waals surface area contributed by atoms with Crippen LogP contribution in [0.4, 0.5) is 0 Å². The van der Waals surface area contributed by atoms with Crippen molar-refractivity contribution in [3.05, 3.63) is 53.1 Å². The highest BCUT2D eigenvalue weighted by Gasteiger charge is 2.16. The van der Waals surface area contributed by atoms with E-state index in [1.54, 1.807) is 18.2 Å². The van der Waals surface area contributed by atoms with Crippen LogP contribution in [0.2, 0.25) is 0 Å². The number of esters is 1. The summed E-state index contributed by atoms with van der Waals surface area (Å²) in [6.45, 7) is 0.210. The highest BCUT2D eigenvalue weighted by molar-refractivity contribution is 5.75. The molecule has 0 spiro atoms. The van der Waals surface area contributed by atoms with E-state index >= 15 is 0 Å². The SMILES string of the molecule is O=C(Cc1ccc2c(c1)CCC2)Oc1ccc2c(c1)OCO2. The number of fused-ring (bicyclic) bond motifs is 2. The fourth-order valence-corrected chi connectivity index (χ4v) is 3.01. The Morgan fingerprint density at radius 2 is 1.86 bits per heavy atom. The van der Waals surface area contributed by atoms with Gasteiger partial charge in [-0.25, -0.2) is 0 Å². The lowest BCUT2D eigenvalue weighted by molar-refractivity contribution is -0.133. The van der Waals surface area contributed by atoms with Crippen molar-refractivity contribution in [1.82, 2.24) is 0 Å². The van der Waals surface area contributed by atoms with Gasteiger partial charge in [0.05, 0.1) is 6.42 Å². The first kappa shape index (κ1) is 13.2. The molecule has 0 unspecified atom stereocenters. The van der Waals surface area contributed by atoms with Crippen LogP contribution in [0.3, 0.4) is 0 Å². The number of aryl methyl sites for hydroxylation is 2. The molecule has 0 atom stereocenters. The van der Waals surface area contributed by atoms with Crippen LogP contribution < -0.4 is 14.2 Å². The number of rotatable bonds is 3. The van der Waals surface area contributed by atoms with Crippen molar-refractivity contribution in [3.63, 3.8) is 0 Å². The van der Waals surface area contributed by atoms with Crippen LogP contribution in [0, 0.1) is 0 Å². The fraction of sp³-hybridized carbons (Fsp3) is 0.278. The lowest BCUT2D eigenvalue weighted by atomic mass is 10.0. The van der Waals surface area contributed by atoms with Gasteiger partial charge in [0.1, 0.15) is 5.75 Å². The van der Waals surface area contributed by atoms with Crippen molar-refractivity contribution < 1.29 is 19.0 Å². The molecule has 1 aliphatic carbocycles. The monoisotopic (exact) mass is 296 g/mol. The molecule has 4 heteroatoms. The van der Waals surface area contributed by atoms with Crippen LogP contribution in [0.25, 0.3) is 0 Å². The molecule has 112 valence electrons. The van der Waals surface area contributed by atoms with Gasteiger partial charge in [0.2, 0.25) is 6.79 Å². The number of hydrogen-bond donors (Lipinski definition) is 0. The topological polar surface area (TPSA) is 44.8 Å². The Kier molecular flexibility index (Phi) is 3.22. The smallest absolute Gasteiger partial charge is 0.315 e. The molecule has 0 radical (unpaired) electrons. The van der Waals surface area contributed by atoms with Crippen LogP contribution >= 0.6 is 0 Å².